The molecule has 1 aromatic carbocycles. The Morgan fingerprint density at radius 2 is 1.67 bits per heavy atom. The minimum absolute atomic E-state index is 0.709. The molecule has 1 N–H and O–H groups in total. The van der Waals surface area contributed by atoms with E-state index in [1.54, 1.807) is 0 Å². The highest BCUT2D eigenvalue weighted by molar-refractivity contribution is 5.52. The van der Waals surface area contributed by atoms with Crippen molar-refractivity contribution in [3.8, 4) is 0 Å². The first-order valence-electron chi connectivity index (χ1n) is 8.75. The van der Waals surface area contributed by atoms with Crippen molar-refractivity contribution in [2.45, 2.75) is 51.7 Å². The molecule has 0 radical (unpaired) electrons. The van der Waals surface area contributed by atoms with Crippen LogP contribution in [-0.2, 0) is 11.3 Å². The number of hydrogen-bond acceptors (Lipinski definition) is 2. The monoisotopic (exact) mass is 285 g/mol. The lowest BCUT2D eigenvalue weighted by molar-refractivity contribution is 0.00745. The molecule has 4 saturated carbocycles. The van der Waals surface area contributed by atoms with Gasteiger partial charge in [-0.25, -0.2) is 0 Å². The maximum absolute atomic E-state index is 5.63. The van der Waals surface area contributed by atoms with Gasteiger partial charge in [-0.3, -0.25) is 0 Å². The van der Waals surface area contributed by atoms with Crippen LogP contribution in [0.25, 0.3) is 0 Å². The van der Waals surface area contributed by atoms with Gasteiger partial charge in [0.25, 0.3) is 0 Å². The van der Waals surface area contributed by atoms with Crippen molar-refractivity contribution in [1.82, 2.24) is 0 Å². The summed E-state index contributed by atoms with van der Waals surface area (Å²) >= 11 is 0. The molecule has 0 spiro atoms. The van der Waals surface area contributed by atoms with Crippen LogP contribution in [0.2, 0.25) is 0 Å². The maximum Gasteiger partial charge on any atom is 0.0736 e. The molecule has 4 aliphatic rings. The predicted molar refractivity (Wildman–Crippen MR) is 86.2 cm³/mol. The van der Waals surface area contributed by atoms with E-state index in [-0.39, 0.29) is 0 Å². The highest BCUT2D eigenvalue weighted by Crippen LogP contribution is 2.54. The molecule has 0 aromatic heterocycles. The Labute approximate surface area is 128 Å². The minimum Gasteiger partial charge on any atom is -0.381 e. The summed E-state index contributed by atoms with van der Waals surface area (Å²) in [4.78, 5) is 0. The van der Waals surface area contributed by atoms with Crippen LogP contribution in [0.5, 0.6) is 0 Å². The van der Waals surface area contributed by atoms with Crippen molar-refractivity contribution in [2.24, 2.45) is 23.7 Å². The predicted octanol–water partition coefficient (Wildman–Crippen LogP) is 4.46. The summed E-state index contributed by atoms with van der Waals surface area (Å²) in [6.45, 7) is 3.58. The molecule has 0 amide bonds. The second-order valence-electron chi connectivity index (χ2n) is 7.40. The third kappa shape index (κ3) is 2.59. The van der Waals surface area contributed by atoms with Crippen LogP contribution in [0.4, 0.5) is 5.69 Å². The Morgan fingerprint density at radius 1 is 1.00 bits per heavy atom. The van der Waals surface area contributed by atoms with E-state index in [0.717, 1.165) is 36.9 Å². The SMILES string of the molecule is CCOCc1ccccc1NC1C2CC3CC(C2)CC1C3. The fourth-order valence-electron chi connectivity index (χ4n) is 5.34. The molecule has 5 rings (SSSR count). The summed E-state index contributed by atoms with van der Waals surface area (Å²) in [5, 5.41) is 3.92. The fourth-order valence-corrected chi connectivity index (χ4v) is 5.34. The molecule has 1 aromatic rings. The van der Waals surface area contributed by atoms with E-state index >= 15 is 0 Å². The fraction of sp³-hybridized carbons (Fsp3) is 0.684. The average Bonchev–Trinajstić information content (AvgIpc) is 2.49. The Morgan fingerprint density at radius 3 is 2.33 bits per heavy atom. The van der Waals surface area contributed by atoms with Crippen LogP contribution < -0.4 is 5.32 Å². The van der Waals surface area contributed by atoms with Gasteiger partial charge in [0.2, 0.25) is 0 Å². The van der Waals surface area contributed by atoms with Crippen molar-refractivity contribution in [3.63, 3.8) is 0 Å². The molecule has 0 atom stereocenters. The van der Waals surface area contributed by atoms with Crippen LogP contribution in [-0.4, -0.2) is 12.6 Å². The van der Waals surface area contributed by atoms with Crippen LogP contribution in [0.3, 0.4) is 0 Å². The van der Waals surface area contributed by atoms with Crippen molar-refractivity contribution < 1.29 is 4.74 Å². The number of rotatable bonds is 5. The van der Waals surface area contributed by atoms with E-state index in [2.05, 4.69) is 36.5 Å². The van der Waals surface area contributed by atoms with Crippen LogP contribution in [0.1, 0.15) is 44.6 Å². The number of hydrogen-bond donors (Lipinski definition) is 1. The van der Waals surface area contributed by atoms with E-state index in [9.17, 15) is 0 Å². The van der Waals surface area contributed by atoms with E-state index < -0.39 is 0 Å². The molecule has 4 aliphatic carbocycles. The topological polar surface area (TPSA) is 21.3 Å². The molecule has 4 fully saturated rings. The van der Waals surface area contributed by atoms with Gasteiger partial charge in [-0.05, 0) is 68.8 Å². The Hall–Kier alpha value is -1.02. The van der Waals surface area contributed by atoms with Crippen molar-refractivity contribution in [2.75, 3.05) is 11.9 Å². The van der Waals surface area contributed by atoms with Crippen molar-refractivity contribution in [3.05, 3.63) is 29.8 Å². The van der Waals surface area contributed by atoms with Gasteiger partial charge in [-0.2, -0.15) is 0 Å². The van der Waals surface area contributed by atoms with Crippen molar-refractivity contribution in [1.29, 1.82) is 0 Å². The van der Waals surface area contributed by atoms with E-state index in [1.165, 1.54) is 43.4 Å². The molecular formula is C19H27NO. The van der Waals surface area contributed by atoms with Gasteiger partial charge in [0.15, 0.2) is 0 Å². The normalized spacial score (nSPS) is 36.9. The molecule has 2 heteroatoms. The van der Waals surface area contributed by atoms with Gasteiger partial charge in [-0.15, -0.1) is 0 Å². The Bertz CT molecular complexity index is 470. The van der Waals surface area contributed by atoms with Crippen molar-refractivity contribution >= 4 is 5.69 Å². The van der Waals surface area contributed by atoms with Gasteiger partial charge in [-0.1, -0.05) is 18.2 Å². The maximum atomic E-state index is 5.63. The smallest absolute Gasteiger partial charge is 0.0736 e. The number of nitrogens with one attached hydrogen (secondary N) is 1. The summed E-state index contributed by atoms with van der Waals surface area (Å²) in [6, 6.07) is 9.41. The van der Waals surface area contributed by atoms with Gasteiger partial charge in [0.1, 0.15) is 0 Å². The lowest BCUT2D eigenvalue weighted by Gasteiger charge is -2.54. The number of benzene rings is 1. The third-order valence-electron chi connectivity index (χ3n) is 6.03. The number of para-hydroxylation sites is 1. The minimum atomic E-state index is 0.709. The highest BCUT2D eigenvalue weighted by atomic mass is 16.5. The molecule has 0 unspecified atom stereocenters. The second kappa shape index (κ2) is 5.64. The van der Waals surface area contributed by atoms with Gasteiger partial charge in [0, 0.05) is 23.9 Å². The van der Waals surface area contributed by atoms with E-state index in [1.807, 2.05) is 0 Å². The Balaban J connectivity index is 1.51. The first-order valence-corrected chi connectivity index (χ1v) is 8.75. The first kappa shape index (κ1) is 13.6. The number of ether oxygens (including phenoxy) is 1. The third-order valence-corrected chi connectivity index (χ3v) is 6.03. The zero-order valence-corrected chi connectivity index (χ0v) is 13.1. The largest absolute Gasteiger partial charge is 0.381 e. The summed E-state index contributed by atoms with van der Waals surface area (Å²) in [5.74, 6) is 3.93. The summed E-state index contributed by atoms with van der Waals surface area (Å²) in [5.41, 5.74) is 2.62. The zero-order valence-electron chi connectivity index (χ0n) is 13.1. The van der Waals surface area contributed by atoms with Gasteiger partial charge in [0.05, 0.1) is 6.61 Å². The van der Waals surface area contributed by atoms with Crippen LogP contribution >= 0.6 is 0 Å². The Kier molecular flexibility index (Phi) is 3.66. The zero-order chi connectivity index (χ0) is 14.2. The second-order valence-corrected chi connectivity index (χ2v) is 7.40. The summed E-state index contributed by atoms with van der Waals surface area (Å²) < 4.78 is 5.63. The highest BCUT2D eigenvalue weighted by Gasteiger charge is 2.48. The number of anilines is 1. The van der Waals surface area contributed by atoms with Gasteiger partial charge < -0.3 is 10.1 Å². The average molecular weight is 285 g/mol. The van der Waals surface area contributed by atoms with Crippen LogP contribution in [0.15, 0.2) is 24.3 Å². The molecule has 4 bridgehead atoms. The molecule has 21 heavy (non-hydrogen) atoms. The van der Waals surface area contributed by atoms with E-state index in [4.69, 9.17) is 4.74 Å². The molecular weight excluding hydrogens is 258 g/mol. The molecule has 114 valence electrons. The van der Waals surface area contributed by atoms with Crippen LogP contribution in [0, 0.1) is 23.7 Å². The molecule has 0 saturated heterocycles. The molecule has 0 heterocycles. The van der Waals surface area contributed by atoms with E-state index in [0.29, 0.717) is 6.04 Å². The quantitative estimate of drug-likeness (QED) is 0.862. The molecule has 2 nitrogen and oxygen atoms in total. The standard InChI is InChI=1S/C19H27NO/c1-2-21-12-15-5-3-4-6-18(15)20-19-16-8-13-7-14(10-16)11-17(19)9-13/h3-6,13-14,16-17,19-20H,2,7-12H2,1H3. The lowest BCUT2D eigenvalue weighted by atomic mass is 9.54. The summed E-state index contributed by atoms with van der Waals surface area (Å²) in [7, 11) is 0. The summed E-state index contributed by atoms with van der Waals surface area (Å²) in [6.07, 6.45) is 7.41. The lowest BCUT2D eigenvalue weighted by Crippen LogP contribution is -2.51. The first-order chi connectivity index (χ1) is 10.3. The molecule has 0 aliphatic heterocycles. The van der Waals surface area contributed by atoms with Gasteiger partial charge >= 0.3 is 0 Å².